The van der Waals surface area contributed by atoms with Crippen molar-refractivity contribution in [2.24, 2.45) is 11.8 Å². The summed E-state index contributed by atoms with van der Waals surface area (Å²) in [5, 5.41) is 3.26. The number of imide groups is 1. The highest BCUT2D eigenvalue weighted by atomic mass is 35.5. The van der Waals surface area contributed by atoms with E-state index in [0.29, 0.717) is 35.5 Å². The number of hydrogen-bond donors (Lipinski definition) is 1. The zero-order valence-corrected chi connectivity index (χ0v) is 17.3. The monoisotopic (exact) mass is 393 g/mol. The van der Waals surface area contributed by atoms with Crippen LogP contribution in [0.3, 0.4) is 0 Å². The first-order chi connectivity index (χ1) is 12.5. The molecular weight excluding hydrogens is 366 g/mol. The molecule has 1 aromatic carbocycles. The van der Waals surface area contributed by atoms with Gasteiger partial charge >= 0.3 is 6.03 Å². The van der Waals surface area contributed by atoms with Crippen molar-refractivity contribution in [2.45, 2.75) is 40.2 Å². The van der Waals surface area contributed by atoms with Crippen LogP contribution in [-0.2, 0) is 15.1 Å². The normalized spacial score (nSPS) is 19.8. The van der Waals surface area contributed by atoms with Gasteiger partial charge in [-0.3, -0.25) is 14.5 Å². The highest BCUT2D eigenvalue weighted by Crippen LogP contribution is 2.29. The van der Waals surface area contributed by atoms with Crippen molar-refractivity contribution < 1.29 is 14.4 Å². The molecule has 1 N–H and O–H groups in total. The van der Waals surface area contributed by atoms with Crippen LogP contribution < -0.4 is 5.32 Å². The second-order valence-electron chi connectivity index (χ2n) is 8.04. The van der Waals surface area contributed by atoms with Gasteiger partial charge in [0.1, 0.15) is 12.1 Å². The Kier molecular flexibility index (Phi) is 6.52. The first kappa shape index (κ1) is 21.2. The van der Waals surface area contributed by atoms with Gasteiger partial charge in [-0.2, -0.15) is 0 Å². The third-order valence-corrected chi connectivity index (χ3v) is 4.77. The Balaban J connectivity index is 2.18. The highest BCUT2D eigenvalue weighted by molar-refractivity contribution is 6.30. The molecule has 0 aromatic heterocycles. The number of nitrogens with zero attached hydrogens (tertiary/aromatic N) is 2. The van der Waals surface area contributed by atoms with E-state index in [2.05, 4.69) is 5.32 Å². The van der Waals surface area contributed by atoms with Crippen LogP contribution in [0.15, 0.2) is 24.3 Å². The number of carbonyl (C=O) groups is 3. The number of benzene rings is 1. The van der Waals surface area contributed by atoms with Crippen molar-refractivity contribution in [2.75, 3.05) is 19.6 Å². The zero-order valence-electron chi connectivity index (χ0n) is 16.6. The summed E-state index contributed by atoms with van der Waals surface area (Å²) in [6.45, 7) is 10.7. The van der Waals surface area contributed by atoms with Gasteiger partial charge in [0.2, 0.25) is 5.91 Å². The second kappa shape index (κ2) is 8.30. The van der Waals surface area contributed by atoms with E-state index in [0.717, 1.165) is 4.90 Å². The van der Waals surface area contributed by atoms with E-state index in [4.69, 9.17) is 11.6 Å². The Morgan fingerprint density at radius 2 is 1.63 bits per heavy atom. The third kappa shape index (κ3) is 4.80. The Labute approximate surface area is 165 Å². The molecule has 7 heteroatoms. The molecule has 1 saturated heterocycles. The van der Waals surface area contributed by atoms with Crippen molar-refractivity contribution in [3.05, 3.63) is 34.9 Å². The van der Waals surface area contributed by atoms with Crippen LogP contribution in [0.4, 0.5) is 4.79 Å². The molecule has 0 bridgehead atoms. The van der Waals surface area contributed by atoms with E-state index in [1.807, 2.05) is 27.7 Å². The van der Waals surface area contributed by atoms with Crippen molar-refractivity contribution in [1.82, 2.24) is 15.1 Å². The molecule has 1 aromatic rings. The summed E-state index contributed by atoms with van der Waals surface area (Å²) in [5.41, 5.74) is -0.579. The number of urea groups is 1. The van der Waals surface area contributed by atoms with Crippen LogP contribution in [0.5, 0.6) is 0 Å². The average Bonchev–Trinajstić information content (AvgIpc) is 2.78. The van der Waals surface area contributed by atoms with E-state index in [1.54, 1.807) is 36.1 Å². The lowest BCUT2D eigenvalue weighted by molar-refractivity contribution is -0.139. The van der Waals surface area contributed by atoms with Gasteiger partial charge in [-0.25, -0.2) is 4.79 Å². The molecule has 0 unspecified atom stereocenters. The van der Waals surface area contributed by atoms with E-state index >= 15 is 0 Å². The van der Waals surface area contributed by atoms with Gasteiger partial charge in [-0.05, 0) is 36.5 Å². The topological polar surface area (TPSA) is 69.7 Å². The smallest absolute Gasteiger partial charge is 0.325 e. The van der Waals surface area contributed by atoms with Crippen LogP contribution in [0.25, 0.3) is 0 Å². The molecule has 0 aliphatic carbocycles. The van der Waals surface area contributed by atoms with Gasteiger partial charge in [0.05, 0.1) is 0 Å². The summed E-state index contributed by atoms with van der Waals surface area (Å²) < 4.78 is 0. The predicted molar refractivity (Wildman–Crippen MR) is 105 cm³/mol. The highest BCUT2D eigenvalue weighted by Gasteiger charge is 2.49. The Bertz CT molecular complexity index is 708. The fraction of sp³-hybridized carbons (Fsp3) is 0.550. The minimum atomic E-state index is -1.21. The minimum absolute atomic E-state index is 0.221. The summed E-state index contributed by atoms with van der Waals surface area (Å²) in [6.07, 6.45) is 0. The molecule has 1 atom stereocenters. The summed E-state index contributed by atoms with van der Waals surface area (Å²) in [6, 6.07) is 6.19. The molecule has 1 aliphatic rings. The minimum Gasteiger partial charge on any atom is -0.341 e. The summed E-state index contributed by atoms with van der Waals surface area (Å²) >= 11 is 5.91. The summed E-state index contributed by atoms with van der Waals surface area (Å²) in [4.78, 5) is 40.9. The van der Waals surface area contributed by atoms with Crippen LogP contribution in [0.1, 0.15) is 40.2 Å². The lowest BCUT2D eigenvalue weighted by Gasteiger charge is -2.28. The number of rotatable bonds is 7. The van der Waals surface area contributed by atoms with Crippen molar-refractivity contribution in [3.8, 4) is 0 Å². The molecule has 0 radical (unpaired) electrons. The lowest BCUT2D eigenvalue weighted by Crippen LogP contribution is -2.46. The predicted octanol–water partition coefficient (Wildman–Crippen LogP) is 3.25. The van der Waals surface area contributed by atoms with Gasteiger partial charge < -0.3 is 10.2 Å². The number of halogens is 1. The summed E-state index contributed by atoms with van der Waals surface area (Å²) in [7, 11) is 0. The van der Waals surface area contributed by atoms with Gasteiger partial charge in [-0.15, -0.1) is 0 Å². The number of amides is 4. The van der Waals surface area contributed by atoms with Gasteiger partial charge in [0, 0.05) is 18.1 Å². The van der Waals surface area contributed by atoms with Gasteiger partial charge in [0.15, 0.2) is 0 Å². The first-order valence-corrected chi connectivity index (χ1v) is 9.60. The van der Waals surface area contributed by atoms with Crippen LogP contribution in [-0.4, -0.2) is 47.3 Å². The quantitative estimate of drug-likeness (QED) is 0.723. The molecule has 1 heterocycles. The molecule has 0 spiro atoms. The average molecular weight is 394 g/mol. The van der Waals surface area contributed by atoms with Gasteiger partial charge in [0.25, 0.3) is 5.91 Å². The molecule has 1 fully saturated rings. The largest absolute Gasteiger partial charge is 0.341 e. The molecule has 6 nitrogen and oxygen atoms in total. The summed E-state index contributed by atoms with van der Waals surface area (Å²) in [5.74, 6) is -0.0521. The maximum atomic E-state index is 13.0. The fourth-order valence-corrected chi connectivity index (χ4v) is 3.34. The zero-order chi connectivity index (χ0) is 20.4. The fourth-order valence-electron chi connectivity index (χ4n) is 3.21. The standard InChI is InChI=1S/C20H28ClN3O3/c1-13(2)10-23(11-14(3)4)17(25)12-24-18(26)20(5,22-19(24)27)15-6-8-16(21)9-7-15/h6-9,13-14H,10-12H2,1-5H3,(H,22,27)/t20-/m0/s1. The SMILES string of the molecule is CC(C)CN(CC(C)C)C(=O)CN1C(=O)N[C@@](C)(c2ccc(Cl)cc2)C1=O. The van der Waals surface area contributed by atoms with Crippen molar-refractivity contribution >= 4 is 29.4 Å². The van der Waals surface area contributed by atoms with Crippen molar-refractivity contribution in [1.29, 1.82) is 0 Å². The van der Waals surface area contributed by atoms with Crippen LogP contribution in [0.2, 0.25) is 5.02 Å². The molecule has 27 heavy (non-hydrogen) atoms. The Morgan fingerprint density at radius 1 is 1.11 bits per heavy atom. The lowest BCUT2D eigenvalue weighted by atomic mass is 9.92. The maximum absolute atomic E-state index is 13.0. The Hall–Kier alpha value is -2.08. The molecule has 4 amide bonds. The molecule has 148 valence electrons. The van der Waals surface area contributed by atoms with Gasteiger partial charge in [-0.1, -0.05) is 51.4 Å². The second-order valence-corrected chi connectivity index (χ2v) is 8.48. The van der Waals surface area contributed by atoms with E-state index in [9.17, 15) is 14.4 Å². The molecule has 0 saturated carbocycles. The molecule has 2 rings (SSSR count). The third-order valence-electron chi connectivity index (χ3n) is 4.51. The number of hydrogen-bond acceptors (Lipinski definition) is 3. The van der Waals surface area contributed by atoms with E-state index in [1.165, 1.54) is 0 Å². The maximum Gasteiger partial charge on any atom is 0.325 e. The molecule has 1 aliphatic heterocycles. The van der Waals surface area contributed by atoms with Crippen LogP contribution >= 0.6 is 11.6 Å². The van der Waals surface area contributed by atoms with Crippen molar-refractivity contribution in [3.63, 3.8) is 0 Å². The first-order valence-electron chi connectivity index (χ1n) is 9.22. The molecular formula is C20H28ClN3O3. The van der Waals surface area contributed by atoms with E-state index < -0.39 is 17.5 Å². The van der Waals surface area contributed by atoms with E-state index in [-0.39, 0.29) is 12.5 Å². The number of carbonyl (C=O) groups excluding carboxylic acids is 3. The van der Waals surface area contributed by atoms with Crippen LogP contribution in [0, 0.1) is 11.8 Å². The number of nitrogens with one attached hydrogen (secondary N) is 1. The Morgan fingerprint density at radius 3 is 2.11 bits per heavy atom.